The van der Waals surface area contributed by atoms with Crippen molar-refractivity contribution in [1.82, 2.24) is 14.5 Å². The first-order valence-corrected chi connectivity index (χ1v) is 9.81. The normalized spacial score (nSPS) is 17.2. The Hall–Kier alpha value is -2.28. The average Bonchev–Trinajstić information content (AvgIpc) is 3.05. The molecule has 2 amide bonds. The molecule has 1 unspecified atom stereocenters. The Bertz CT molecular complexity index is 772. The number of carbonyl (C=O) groups excluding carboxylic acids is 2. The topological polar surface area (TPSA) is 67.2 Å². The van der Waals surface area contributed by atoms with E-state index in [2.05, 4.69) is 17.2 Å². The molecule has 6 nitrogen and oxygen atoms in total. The Morgan fingerprint density at radius 2 is 2.08 bits per heavy atom. The molecule has 0 radical (unpaired) electrons. The van der Waals surface area contributed by atoms with Crippen LogP contribution in [0.5, 0.6) is 0 Å². The predicted octanol–water partition coefficient (Wildman–Crippen LogP) is 3.02. The molecule has 0 saturated carbocycles. The highest BCUT2D eigenvalue weighted by atomic mass is 32.2. The molecular weight excluding hydrogens is 348 g/mol. The van der Waals surface area contributed by atoms with Crippen molar-refractivity contribution in [2.75, 3.05) is 24.2 Å². The number of hydrogen-bond acceptors (Lipinski definition) is 4. The summed E-state index contributed by atoms with van der Waals surface area (Å²) in [5.41, 5.74) is 1.36. The quantitative estimate of drug-likeness (QED) is 0.819. The summed E-state index contributed by atoms with van der Waals surface area (Å²) in [7, 11) is 1.89. The number of likely N-dealkylation sites (tertiary alicyclic amines) is 1. The van der Waals surface area contributed by atoms with Crippen molar-refractivity contribution in [2.24, 2.45) is 13.0 Å². The number of hydrogen-bond donors (Lipinski definition) is 1. The lowest BCUT2D eigenvalue weighted by Crippen LogP contribution is -2.39. The maximum absolute atomic E-state index is 12.6. The van der Waals surface area contributed by atoms with E-state index in [0.717, 1.165) is 24.7 Å². The van der Waals surface area contributed by atoms with E-state index in [0.29, 0.717) is 17.2 Å². The first kappa shape index (κ1) is 18.5. The van der Waals surface area contributed by atoms with E-state index < -0.39 is 0 Å². The summed E-state index contributed by atoms with van der Waals surface area (Å²) in [6, 6.07) is 7.13. The number of aryl methyl sites for hydroxylation is 1. The fourth-order valence-electron chi connectivity index (χ4n) is 3.07. The minimum Gasteiger partial charge on any atom is -0.338 e. The number of rotatable bonds is 5. The Kier molecular flexibility index (Phi) is 5.98. The van der Waals surface area contributed by atoms with Crippen LogP contribution in [0.3, 0.4) is 0 Å². The molecule has 3 rings (SSSR count). The van der Waals surface area contributed by atoms with Crippen LogP contribution in [0.4, 0.5) is 5.69 Å². The Morgan fingerprint density at radius 1 is 1.31 bits per heavy atom. The number of thioether (sulfide) groups is 1. The molecule has 2 heterocycles. The van der Waals surface area contributed by atoms with Crippen LogP contribution >= 0.6 is 11.8 Å². The molecule has 1 aromatic carbocycles. The first-order valence-electron chi connectivity index (χ1n) is 8.82. The van der Waals surface area contributed by atoms with Crippen LogP contribution in [-0.2, 0) is 11.8 Å². The fraction of sp³-hybridized carbons (Fsp3) is 0.421. The molecule has 1 saturated heterocycles. The van der Waals surface area contributed by atoms with Gasteiger partial charge in [-0.1, -0.05) is 18.7 Å². The Labute approximate surface area is 158 Å². The maximum atomic E-state index is 12.6. The molecule has 0 aliphatic carbocycles. The summed E-state index contributed by atoms with van der Waals surface area (Å²) >= 11 is 1.39. The van der Waals surface area contributed by atoms with Gasteiger partial charge in [0.1, 0.15) is 0 Å². The van der Waals surface area contributed by atoms with Crippen molar-refractivity contribution in [3.8, 4) is 0 Å². The highest BCUT2D eigenvalue weighted by molar-refractivity contribution is 7.99. The maximum Gasteiger partial charge on any atom is 0.253 e. The Morgan fingerprint density at radius 3 is 2.73 bits per heavy atom. The summed E-state index contributed by atoms with van der Waals surface area (Å²) in [6.45, 7) is 3.83. The van der Waals surface area contributed by atoms with Crippen molar-refractivity contribution >= 4 is 29.3 Å². The van der Waals surface area contributed by atoms with Crippen molar-refractivity contribution in [3.63, 3.8) is 0 Å². The van der Waals surface area contributed by atoms with Crippen LogP contribution in [0, 0.1) is 5.92 Å². The standard InChI is InChI=1S/C19H24N4O2S/c1-14-4-3-10-23(12-14)18(25)15-5-7-16(8-6-15)21-17(24)13-26-19-20-9-11-22(19)2/h5-9,11,14H,3-4,10,12-13H2,1-2H3,(H,21,24). The number of carbonyl (C=O) groups is 2. The third kappa shape index (κ3) is 4.66. The number of benzene rings is 1. The molecule has 26 heavy (non-hydrogen) atoms. The van der Waals surface area contributed by atoms with Crippen LogP contribution < -0.4 is 5.32 Å². The van der Waals surface area contributed by atoms with Gasteiger partial charge in [0.05, 0.1) is 5.75 Å². The number of aromatic nitrogens is 2. The third-order valence-corrected chi connectivity index (χ3v) is 5.53. The van der Waals surface area contributed by atoms with Crippen LogP contribution in [-0.4, -0.2) is 45.1 Å². The van der Waals surface area contributed by atoms with Gasteiger partial charge in [0, 0.05) is 43.8 Å². The van der Waals surface area contributed by atoms with Gasteiger partial charge in [-0.05, 0) is 43.0 Å². The SMILES string of the molecule is CC1CCCN(C(=O)c2ccc(NC(=O)CSc3nccn3C)cc2)C1. The molecule has 0 spiro atoms. The number of nitrogens with zero attached hydrogens (tertiary/aromatic N) is 3. The van der Waals surface area contributed by atoms with Crippen molar-refractivity contribution < 1.29 is 9.59 Å². The van der Waals surface area contributed by atoms with Crippen LogP contribution in [0.2, 0.25) is 0 Å². The second kappa shape index (κ2) is 8.40. The molecule has 0 bridgehead atoms. The Balaban J connectivity index is 1.53. The lowest BCUT2D eigenvalue weighted by Gasteiger charge is -2.31. The molecule has 2 aromatic rings. The van der Waals surface area contributed by atoms with Gasteiger partial charge in [-0.2, -0.15) is 0 Å². The van der Waals surface area contributed by atoms with E-state index >= 15 is 0 Å². The van der Waals surface area contributed by atoms with Crippen molar-refractivity contribution in [2.45, 2.75) is 24.9 Å². The summed E-state index contributed by atoms with van der Waals surface area (Å²) < 4.78 is 1.87. The molecule has 1 aliphatic heterocycles. The third-order valence-electron chi connectivity index (χ3n) is 4.47. The highest BCUT2D eigenvalue weighted by Gasteiger charge is 2.21. The summed E-state index contributed by atoms with van der Waals surface area (Å²) in [4.78, 5) is 30.7. The van der Waals surface area contributed by atoms with E-state index in [1.807, 2.05) is 22.7 Å². The summed E-state index contributed by atoms with van der Waals surface area (Å²) in [5, 5.41) is 3.66. The zero-order valence-electron chi connectivity index (χ0n) is 15.1. The van der Waals surface area contributed by atoms with Crippen LogP contribution in [0.25, 0.3) is 0 Å². The zero-order valence-corrected chi connectivity index (χ0v) is 16.0. The number of imidazole rings is 1. The van der Waals surface area contributed by atoms with Gasteiger partial charge in [-0.15, -0.1) is 0 Å². The number of nitrogens with one attached hydrogen (secondary N) is 1. The van der Waals surface area contributed by atoms with Gasteiger partial charge >= 0.3 is 0 Å². The van der Waals surface area contributed by atoms with Gasteiger partial charge in [0.2, 0.25) is 5.91 Å². The van der Waals surface area contributed by atoms with Gasteiger partial charge in [-0.25, -0.2) is 4.98 Å². The molecule has 138 valence electrons. The minimum absolute atomic E-state index is 0.0692. The average molecular weight is 372 g/mol. The molecule has 1 atom stereocenters. The zero-order chi connectivity index (χ0) is 18.5. The monoisotopic (exact) mass is 372 g/mol. The van der Waals surface area contributed by atoms with Gasteiger partial charge in [0.25, 0.3) is 5.91 Å². The largest absolute Gasteiger partial charge is 0.338 e. The van der Waals surface area contributed by atoms with Crippen LogP contribution in [0.1, 0.15) is 30.1 Å². The van der Waals surface area contributed by atoms with E-state index in [1.165, 1.54) is 18.2 Å². The van der Waals surface area contributed by atoms with Gasteiger partial charge in [0.15, 0.2) is 5.16 Å². The lowest BCUT2D eigenvalue weighted by atomic mass is 9.99. The van der Waals surface area contributed by atoms with E-state index in [1.54, 1.807) is 30.5 Å². The van der Waals surface area contributed by atoms with Crippen LogP contribution in [0.15, 0.2) is 41.8 Å². The fourth-order valence-corrected chi connectivity index (χ4v) is 3.80. The molecule has 1 N–H and O–H groups in total. The van der Waals surface area contributed by atoms with E-state index in [4.69, 9.17) is 0 Å². The number of amides is 2. The smallest absolute Gasteiger partial charge is 0.253 e. The summed E-state index contributed by atoms with van der Waals surface area (Å²) in [5.74, 6) is 0.821. The van der Waals surface area contributed by atoms with Crippen molar-refractivity contribution in [3.05, 3.63) is 42.2 Å². The van der Waals surface area contributed by atoms with Gasteiger partial charge in [-0.3, -0.25) is 9.59 Å². The minimum atomic E-state index is -0.0954. The number of piperidine rings is 1. The van der Waals surface area contributed by atoms with E-state index in [9.17, 15) is 9.59 Å². The highest BCUT2D eigenvalue weighted by Crippen LogP contribution is 2.19. The van der Waals surface area contributed by atoms with Gasteiger partial charge < -0.3 is 14.8 Å². The molecular formula is C19H24N4O2S. The molecule has 7 heteroatoms. The second-order valence-corrected chi connectivity index (χ2v) is 7.68. The van der Waals surface area contributed by atoms with E-state index in [-0.39, 0.29) is 17.6 Å². The first-order chi connectivity index (χ1) is 12.5. The second-order valence-electron chi connectivity index (χ2n) is 6.73. The lowest BCUT2D eigenvalue weighted by molar-refractivity contribution is -0.113. The molecule has 1 aliphatic rings. The summed E-state index contributed by atoms with van der Waals surface area (Å²) in [6.07, 6.45) is 5.80. The number of anilines is 1. The predicted molar refractivity (Wildman–Crippen MR) is 103 cm³/mol. The molecule has 1 fully saturated rings. The van der Waals surface area contributed by atoms with Crippen molar-refractivity contribution in [1.29, 1.82) is 0 Å². The molecule has 1 aromatic heterocycles.